The number of esters is 1. The molecule has 0 aliphatic carbocycles. The van der Waals surface area contributed by atoms with Gasteiger partial charge in [0, 0.05) is 0 Å². The molecule has 0 saturated heterocycles. The fraction of sp³-hybridized carbons (Fsp3) is 0.0526. The summed E-state index contributed by atoms with van der Waals surface area (Å²) in [7, 11) is 1.25. The molecule has 0 aliphatic heterocycles. The first kappa shape index (κ1) is 17.7. The number of anilines is 1. The van der Waals surface area contributed by atoms with E-state index in [9.17, 15) is 14.0 Å². The first-order chi connectivity index (χ1) is 12.5. The monoisotopic (exact) mass is 373 g/mol. The summed E-state index contributed by atoms with van der Waals surface area (Å²) in [5.74, 6) is -1.40. The Morgan fingerprint density at radius 3 is 2.62 bits per heavy atom. The van der Waals surface area contributed by atoms with E-state index in [0.717, 1.165) is 0 Å². The van der Waals surface area contributed by atoms with Gasteiger partial charge >= 0.3 is 5.97 Å². The quantitative estimate of drug-likeness (QED) is 0.668. The number of rotatable bonds is 4. The Bertz CT molecular complexity index is 983. The summed E-state index contributed by atoms with van der Waals surface area (Å²) in [5, 5.41) is 2.80. The number of carbonyl (C=O) groups is 2. The molecule has 0 fully saturated rings. The van der Waals surface area contributed by atoms with Gasteiger partial charge in [-0.1, -0.05) is 23.7 Å². The zero-order valence-corrected chi connectivity index (χ0v) is 14.3. The van der Waals surface area contributed by atoms with E-state index in [1.807, 2.05) is 0 Å². The van der Waals surface area contributed by atoms with Crippen LogP contribution in [0.15, 0.2) is 59.0 Å². The van der Waals surface area contributed by atoms with E-state index in [1.54, 1.807) is 18.2 Å². The third kappa shape index (κ3) is 3.60. The predicted molar refractivity (Wildman–Crippen MR) is 94.8 cm³/mol. The van der Waals surface area contributed by atoms with E-state index in [2.05, 4.69) is 10.1 Å². The zero-order valence-electron chi connectivity index (χ0n) is 13.6. The van der Waals surface area contributed by atoms with Crippen molar-refractivity contribution in [3.8, 4) is 11.3 Å². The Balaban J connectivity index is 1.83. The number of halogens is 2. The minimum Gasteiger partial charge on any atom is -0.465 e. The van der Waals surface area contributed by atoms with E-state index >= 15 is 0 Å². The van der Waals surface area contributed by atoms with Crippen LogP contribution in [0.3, 0.4) is 0 Å². The maximum absolute atomic E-state index is 13.8. The number of ether oxygens (including phenoxy) is 1. The third-order valence-corrected chi connectivity index (χ3v) is 3.93. The van der Waals surface area contributed by atoms with Gasteiger partial charge in [0.15, 0.2) is 5.76 Å². The fourth-order valence-corrected chi connectivity index (χ4v) is 2.48. The summed E-state index contributed by atoms with van der Waals surface area (Å²) in [4.78, 5) is 24.0. The van der Waals surface area contributed by atoms with Gasteiger partial charge in [0.2, 0.25) is 0 Å². The molecular formula is C19H13ClFNO4. The van der Waals surface area contributed by atoms with Crippen LogP contribution in [-0.4, -0.2) is 19.0 Å². The highest BCUT2D eigenvalue weighted by Gasteiger charge is 2.17. The molecule has 1 aromatic heterocycles. The van der Waals surface area contributed by atoms with Gasteiger partial charge in [-0.2, -0.15) is 0 Å². The molecule has 26 heavy (non-hydrogen) atoms. The van der Waals surface area contributed by atoms with Gasteiger partial charge in [-0.05, 0) is 42.5 Å². The van der Waals surface area contributed by atoms with Crippen molar-refractivity contribution < 1.29 is 23.1 Å². The lowest BCUT2D eigenvalue weighted by Gasteiger charge is -2.08. The smallest absolute Gasteiger partial charge is 0.337 e. The molecule has 3 aromatic rings. The maximum atomic E-state index is 13.8. The van der Waals surface area contributed by atoms with Crippen LogP contribution in [0, 0.1) is 5.82 Å². The van der Waals surface area contributed by atoms with Crippen LogP contribution in [0.5, 0.6) is 0 Å². The van der Waals surface area contributed by atoms with E-state index < -0.39 is 17.7 Å². The number of furan rings is 1. The number of methoxy groups -OCH3 is 1. The highest BCUT2D eigenvalue weighted by molar-refractivity contribution is 6.34. The number of nitrogens with one attached hydrogen (secondary N) is 1. The predicted octanol–water partition coefficient (Wildman–Crippen LogP) is 4.78. The van der Waals surface area contributed by atoms with Gasteiger partial charge in [0.05, 0.1) is 28.9 Å². The molecule has 0 bridgehead atoms. The second-order valence-electron chi connectivity index (χ2n) is 5.28. The summed E-state index contributed by atoms with van der Waals surface area (Å²) in [5.41, 5.74) is 0.708. The number of amides is 1. The largest absolute Gasteiger partial charge is 0.465 e. The average molecular weight is 374 g/mol. The Morgan fingerprint density at radius 2 is 1.88 bits per heavy atom. The van der Waals surface area contributed by atoms with Crippen LogP contribution < -0.4 is 5.32 Å². The van der Waals surface area contributed by atoms with Crippen molar-refractivity contribution in [1.29, 1.82) is 0 Å². The molecule has 0 aliphatic rings. The zero-order chi connectivity index (χ0) is 18.7. The standard InChI is InChI=1S/C19H13ClFNO4/c1-25-19(24)11-6-7-13(20)15(10-11)22-18(23)17-9-8-16(26-17)12-4-2-3-5-14(12)21/h2-10H,1H3,(H,22,23). The molecule has 2 aromatic carbocycles. The molecule has 7 heteroatoms. The Kier molecular flexibility index (Phi) is 5.04. The molecule has 1 amide bonds. The van der Waals surface area contributed by atoms with Gasteiger partial charge in [-0.25, -0.2) is 9.18 Å². The molecule has 0 radical (unpaired) electrons. The summed E-state index contributed by atoms with van der Waals surface area (Å²) in [6.07, 6.45) is 0. The minimum absolute atomic E-state index is 0.0252. The minimum atomic E-state index is -0.587. The number of hydrogen-bond donors (Lipinski definition) is 1. The van der Waals surface area contributed by atoms with Crippen LogP contribution in [0.4, 0.5) is 10.1 Å². The number of carbonyl (C=O) groups excluding carboxylic acids is 2. The molecule has 132 valence electrons. The highest BCUT2D eigenvalue weighted by Crippen LogP contribution is 2.27. The van der Waals surface area contributed by atoms with E-state index in [0.29, 0.717) is 0 Å². The summed E-state index contributed by atoms with van der Waals surface area (Å²) >= 11 is 6.05. The Hall–Kier alpha value is -3.12. The van der Waals surface area contributed by atoms with Crippen LogP contribution in [0.2, 0.25) is 5.02 Å². The molecule has 0 spiro atoms. The lowest BCUT2D eigenvalue weighted by Crippen LogP contribution is -2.12. The Morgan fingerprint density at radius 1 is 1.12 bits per heavy atom. The van der Waals surface area contributed by atoms with Crippen LogP contribution >= 0.6 is 11.6 Å². The van der Waals surface area contributed by atoms with Gasteiger partial charge in [-0.3, -0.25) is 4.79 Å². The van der Waals surface area contributed by atoms with E-state index in [1.165, 1.54) is 43.5 Å². The van der Waals surface area contributed by atoms with Crippen molar-refractivity contribution >= 4 is 29.2 Å². The van der Waals surface area contributed by atoms with Gasteiger partial charge < -0.3 is 14.5 Å². The van der Waals surface area contributed by atoms with Crippen LogP contribution in [0.1, 0.15) is 20.9 Å². The summed E-state index contributed by atoms with van der Waals surface area (Å²) in [6, 6.07) is 13.3. The lowest BCUT2D eigenvalue weighted by molar-refractivity contribution is 0.0600. The van der Waals surface area contributed by atoms with Crippen molar-refractivity contribution in [3.63, 3.8) is 0 Å². The van der Waals surface area contributed by atoms with Gasteiger partial charge in [-0.15, -0.1) is 0 Å². The van der Waals surface area contributed by atoms with Crippen LogP contribution in [0.25, 0.3) is 11.3 Å². The van der Waals surface area contributed by atoms with Crippen LogP contribution in [-0.2, 0) is 4.74 Å². The maximum Gasteiger partial charge on any atom is 0.337 e. The third-order valence-electron chi connectivity index (χ3n) is 3.60. The second kappa shape index (κ2) is 7.41. The van der Waals surface area contributed by atoms with Crippen molar-refractivity contribution in [2.45, 2.75) is 0 Å². The number of hydrogen-bond acceptors (Lipinski definition) is 4. The van der Waals surface area contributed by atoms with Crippen molar-refractivity contribution in [1.82, 2.24) is 0 Å². The molecule has 3 rings (SSSR count). The lowest BCUT2D eigenvalue weighted by atomic mass is 10.1. The molecule has 1 N–H and O–H groups in total. The van der Waals surface area contributed by atoms with Crippen molar-refractivity contribution in [2.24, 2.45) is 0 Å². The molecular weight excluding hydrogens is 361 g/mol. The van der Waals surface area contributed by atoms with E-state index in [-0.39, 0.29) is 33.4 Å². The van der Waals surface area contributed by atoms with Crippen molar-refractivity contribution in [3.05, 3.63) is 76.8 Å². The first-order valence-corrected chi connectivity index (χ1v) is 7.91. The number of benzene rings is 2. The fourth-order valence-electron chi connectivity index (χ4n) is 2.32. The molecule has 1 heterocycles. The van der Waals surface area contributed by atoms with E-state index in [4.69, 9.17) is 16.0 Å². The molecule has 0 unspecified atom stereocenters. The summed E-state index contributed by atoms with van der Waals surface area (Å²) < 4.78 is 23.9. The first-order valence-electron chi connectivity index (χ1n) is 7.53. The molecule has 0 saturated carbocycles. The topological polar surface area (TPSA) is 68.5 Å². The normalized spacial score (nSPS) is 10.4. The molecule has 5 nitrogen and oxygen atoms in total. The van der Waals surface area contributed by atoms with Gasteiger partial charge in [0.1, 0.15) is 11.6 Å². The highest BCUT2D eigenvalue weighted by atomic mass is 35.5. The molecule has 0 atom stereocenters. The van der Waals surface area contributed by atoms with Gasteiger partial charge in [0.25, 0.3) is 5.91 Å². The van der Waals surface area contributed by atoms with Crippen molar-refractivity contribution in [2.75, 3.05) is 12.4 Å². The SMILES string of the molecule is COC(=O)c1ccc(Cl)c(NC(=O)c2ccc(-c3ccccc3F)o2)c1. The average Bonchev–Trinajstić information content (AvgIpc) is 3.13. The Labute approximate surface area is 153 Å². The summed E-state index contributed by atoms with van der Waals surface area (Å²) in [6.45, 7) is 0. The second-order valence-corrected chi connectivity index (χ2v) is 5.69.